The Morgan fingerprint density at radius 3 is 1.89 bits per heavy atom. The summed E-state index contributed by atoms with van der Waals surface area (Å²) in [5, 5.41) is 42.9. The first kappa shape index (κ1) is 19.5. The van der Waals surface area contributed by atoms with Gasteiger partial charge in [-0.3, -0.25) is 9.59 Å². The van der Waals surface area contributed by atoms with Crippen LogP contribution >= 0.6 is 0 Å². The summed E-state index contributed by atoms with van der Waals surface area (Å²) in [5.74, 6) is -1.69. The molecule has 0 bridgehead atoms. The van der Waals surface area contributed by atoms with E-state index < -0.39 is 29.6 Å². The predicted molar refractivity (Wildman–Crippen MR) is 62.8 cm³/mol. The molecule has 0 aliphatic heterocycles. The summed E-state index contributed by atoms with van der Waals surface area (Å²) in [4.78, 5) is 30.0. The number of carboxylic acids is 1. The fourth-order valence-electron chi connectivity index (χ4n) is 0.831. The van der Waals surface area contributed by atoms with Crippen LogP contribution in [0.25, 0.3) is 0 Å². The fourth-order valence-corrected chi connectivity index (χ4v) is 0.831. The zero-order valence-corrected chi connectivity index (χ0v) is 10.7. The lowest BCUT2D eigenvalue weighted by Gasteiger charge is -2.26. The van der Waals surface area contributed by atoms with Crippen molar-refractivity contribution in [2.75, 3.05) is 13.2 Å². The molecule has 0 fully saturated rings. The van der Waals surface area contributed by atoms with Crippen LogP contribution in [-0.4, -0.2) is 62.8 Å². The largest absolute Gasteiger partial charge is 0.503 e. The van der Waals surface area contributed by atoms with Crippen LogP contribution in [0.4, 0.5) is 4.79 Å². The van der Waals surface area contributed by atoms with E-state index in [1.54, 1.807) is 0 Å². The summed E-state index contributed by atoms with van der Waals surface area (Å²) in [6.07, 6.45) is -3.38. The van der Waals surface area contributed by atoms with Gasteiger partial charge >= 0.3 is 12.1 Å². The second-order valence-electron chi connectivity index (χ2n) is 4.27. The minimum Gasteiger partial charge on any atom is -0.481 e. The molecular weight excluding hydrogens is 262 g/mol. The van der Waals surface area contributed by atoms with E-state index in [4.69, 9.17) is 25.2 Å². The second kappa shape index (κ2) is 9.11. The van der Waals surface area contributed by atoms with Gasteiger partial charge in [-0.05, 0) is 0 Å². The standard InChI is InChI=1S/C9H17NO5.CH2O3/c1-9(2,5-11)7(14)8(15)10-4-3-6(12)13;2-1(3)4/h7,11,14H,3-5H2,1-2H3,(H,10,15)(H,12,13);(H2,2,3,4). The highest BCUT2D eigenvalue weighted by Gasteiger charge is 2.32. The van der Waals surface area contributed by atoms with Crippen LogP contribution in [0, 0.1) is 5.41 Å². The van der Waals surface area contributed by atoms with Crippen LogP contribution in [-0.2, 0) is 9.59 Å². The minimum absolute atomic E-state index is 0.0350. The Bertz CT molecular complexity index is 311. The van der Waals surface area contributed by atoms with E-state index in [1.807, 2.05) is 0 Å². The number of rotatable bonds is 6. The first-order valence-corrected chi connectivity index (χ1v) is 5.25. The van der Waals surface area contributed by atoms with Gasteiger partial charge in [-0.1, -0.05) is 13.8 Å². The molecule has 1 amide bonds. The molecule has 0 aliphatic carbocycles. The monoisotopic (exact) mass is 281 g/mol. The quantitative estimate of drug-likeness (QED) is 0.367. The van der Waals surface area contributed by atoms with Gasteiger partial charge in [-0.25, -0.2) is 4.79 Å². The molecule has 0 saturated carbocycles. The van der Waals surface area contributed by atoms with Crippen molar-refractivity contribution < 1.29 is 39.9 Å². The zero-order chi connectivity index (χ0) is 15.6. The molecule has 0 aromatic carbocycles. The summed E-state index contributed by atoms with van der Waals surface area (Å²) in [6, 6.07) is 0. The number of carbonyl (C=O) groups excluding carboxylic acids is 1. The summed E-state index contributed by atoms with van der Waals surface area (Å²) in [6.45, 7) is 2.70. The number of aliphatic hydroxyl groups is 2. The summed E-state index contributed by atoms with van der Waals surface area (Å²) in [7, 11) is 0. The van der Waals surface area contributed by atoms with Crippen molar-refractivity contribution in [3.8, 4) is 0 Å². The van der Waals surface area contributed by atoms with E-state index in [0.29, 0.717) is 0 Å². The maximum Gasteiger partial charge on any atom is 0.503 e. The lowest BCUT2D eigenvalue weighted by molar-refractivity contribution is -0.138. The van der Waals surface area contributed by atoms with E-state index in [-0.39, 0.29) is 19.6 Å². The number of carboxylic acid groups (broad SMARTS) is 3. The number of amides is 1. The van der Waals surface area contributed by atoms with Crippen molar-refractivity contribution >= 4 is 18.0 Å². The molecule has 0 aromatic rings. The number of aliphatic hydroxyl groups excluding tert-OH is 2. The van der Waals surface area contributed by atoms with Gasteiger partial charge in [-0.2, -0.15) is 0 Å². The Labute approximate surface area is 109 Å². The number of nitrogens with one attached hydrogen (secondary N) is 1. The van der Waals surface area contributed by atoms with Gasteiger partial charge in [-0.15, -0.1) is 0 Å². The zero-order valence-electron chi connectivity index (χ0n) is 10.7. The Hall–Kier alpha value is -1.87. The number of aliphatic carboxylic acids is 1. The van der Waals surface area contributed by atoms with Crippen LogP contribution in [0.2, 0.25) is 0 Å². The average Bonchev–Trinajstić information content (AvgIpc) is 2.26. The van der Waals surface area contributed by atoms with Crippen molar-refractivity contribution in [1.82, 2.24) is 5.32 Å². The maximum atomic E-state index is 11.3. The molecular formula is C10H19NO8. The van der Waals surface area contributed by atoms with Gasteiger partial charge in [0.25, 0.3) is 0 Å². The van der Waals surface area contributed by atoms with E-state index in [0.717, 1.165) is 0 Å². The van der Waals surface area contributed by atoms with Crippen LogP contribution in [0.15, 0.2) is 0 Å². The van der Waals surface area contributed by atoms with Crippen LogP contribution in [0.5, 0.6) is 0 Å². The lowest BCUT2D eigenvalue weighted by Crippen LogP contribution is -2.45. The smallest absolute Gasteiger partial charge is 0.481 e. The van der Waals surface area contributed by atoms with Gasteiger partial charge < -0.3 is 30.8 Å². The third-order valence-corrected chi connectivity index (χ3v) is 2.03. The van der Waals surface area contributed by atoms with Gasteiger partial charge in [0.15, 0.2) is 0 Å². The number of hydrogen-bond donors (Lipinski definition) is 6. The molecule has 0 spiro atoms. The molecule has 1 atom stereocenters. The normalized spacial score (nSPS) is 11.8. The highest BCUT2D eigenvalue weighted by atomic mass is 16.6. The number of carbonyl (C=O) groups is 3. The summed E-state index contributed by atoms with van der Waals surface area (Å²) in [5.41, 5.74) is -0.937. The Morgan fingerprint density at radius 1 is 1.16 bits per heavy atom. The highest BCUT2D eigenvalue weighted by molar-refractivity contribution is 5.81. The van der Waals surface area contributed by atoms with Gasteiger partial charge in [0, 0.05) is 12.0 Å². The van der Waals surface area contributed by atoms with E-state index >= 15 is 0 Å². The predicted octanol–water partition coefficient (Wildman–Crippen LogP) is -0.821. The van der Waals surface area contributed by atoms with Gasteiger partial charge in [0.05, 0.1) is 13.0 Å². The molecule has 0 aliphatic rings. The third-order valence-electron chi connectivity index (χ3n) is 2.03. The van der Waals surface area contributed by atoms with Crippen molar-refractivity contribution in [2.45, 2.75) is 26.4 Å². The third kappa shape index (κ3) is 11.0. The van der Waals surface area contributed by atoms with Crippen molar-refractivity contribution in [1.29, 1.82) is 0 Å². The van der Waals surface area contributed by atoms with Gasteiger partial charge in [0.1, 0.15) is 6.10 Å². The topological polar surface area (TPSA) is 164 Å². The molecule has 0 aromatic heterocycles. The average molecular weight is 281 g/mol. The first-order chi connectivity index (χ1) is 8.54. The molecule has 0 radical (unpaired) electrons. The first-order valence-electron chi connectivity index (χ1n) is 5.25. The van der Waals surface area contributed by atoms with Gasteiger partial charge in [0.2, 0.25) is 5.91 Å². The summed E-state index contributed by atoms with van der Waals surface area (Å²) >= 11 is 0. The molecule has 0 heterocycles. The van der Waals surface area contributed by atoms with Crippen molar-refractivity contribution in [2.24, 2.45) is 5.41 Å². The molecule has 19 heavy (non-hydrogen) atoms. The molecule has 0 rings (SSSR count). The molecule has 9 nitrogen and oxygen atoms in total. The Morgan fingerprint density at radius 2 is 1.58 bits per heavy atom. The maximum absolute atomic E-state index is 11.3. The number of hydrogen-bond acceptors (Lipinski definition) is 5. The molecule has 112 valence electrons. The van der Waals surface area contributed by atoms with Crippen molar-refractivity contribution in [3.63, 3.8) is 0 Å². The van der Waals surface area contributed by atoms with Crippen LogP contribution < -0.4 is 5.32 Å². The SMILES string of the molecule is CC(C)(CO)C(O)C(=O)NCCC(=O)O.O=C(O)O. The van der Waals surface area contributed by atoms with Crippen LogP contribution in [0.3, 0.4) is 0 Å². The molecule has 6 N–H and O–H groups in total. The van der Waals surface area contributed by atoms with Crippen LogP contribution in [0.1, 0.15) is 20.3 Å². The van der Waals surface area contributed by atoms with E-state index in [1.165, 1.54) is 13.8 Å². The van der Waals surface area contributed by atoms with E-state index in [2.05, 4.69) is 5.32 Å². The lowest BCUT2D eigenvalue weighted by atomic mass is 9.87. The van der Waals surface area contributed by atoms with E-state index in [9.17, 15) is 14.7 Å². The molecule has 0 saturated heterocycles. The minimum atomic E-state index is -1.83. The summed E-state index contributed by atoms with van der Waals surface area (Å²) < 4.78 is 0. The Balaban J connectivity index is 0. The highest BCUT2D eigenvalue weighted by Crippen LogP contribution is 2.19. The molecule has 1 unspecified atom stereocenters. The Kier molecular flexibility index (Phi) is 9.34. The van der Waals surface area contributed by atoms with Crippen molar-refractivity contribution in [3.05, 3.63) is 0 Å². The fraction of sp³-hybridized carbons (Fsp3) is 0.700. The second-order valence-corrected chi connectivity index (χ2v) is 4.27. The molecule has 9 heteroatoms.